The normalized spacial score (nSPS) is 13.2. The van der Waals surface area contributed by atoms with Crippen molar-refractivity contribution in [2.24, 2.45) is 0 Å². The zero-order valence-corrected chi connectivity index (χ0v) is 17.6. The van der Waals surface area contributed by atoms with Crippen LogP contribution in [0.15, 0.2) is 36.4 Å². The number of likely N-dealkylation sites (N-methyl/N-ethyl adjacent to an activating group) is 1. The number of anilines is 1. The first kappa shape index (κ1) is 21.4. The number of nitrogens with zero attached hydrogens (tertiary/aromatic N) is 3. The van der Waals surface area contributed by atoms with Crippen molar-refractivity contribution >= 4 is 17.3 Å². The highest BCUT2D eigenvalue weighted by Gasteiger charge is 2.24. The predicted octanol–water partition coefficient (Wildman–Crippen LogP) is 3.53. The zero-order valence-electron chi connectivity index (χ0n) is 17.6. The topological polar surface area (TPSA) is 85.2 Å². The lowest BCUT2D eigenvalue weighted by atomic mass is 10.1. The number of nitro groups is 1. The van der Waals surface area contributed by atoms with Gasteiger partial charge >= 0.3 is 0 Å². The van der Waals surface area contributed by atoms with Crippen molar-refractivity contribution in [2.45, 2.75) is 19.3 Å². The number of ether oxygens (including phenoxy) is 2. The molecule has 0 unspecified atom stereocenters. The summed E-state index contributed by atoms with van der Waals surface area (Å²) in [5.41, 5.74) is 1.89. The van der Waals surface area contributed by atoms with Crippen molar-refractivity contribution in [3.8, 4) is 11.5 Å². The summed E-state index contributed by atoms with van der Waals surface area (Å²) in [6.07, 6.45) is 2.67. The second-order valence-corrected chi connectivity index (χ2v) is 7.32. The predicted molar refractivity (Wildman–Crippen MR) is 115 cm³/mol. The van der Waals surface area contributed by atoms with Crippen molar-refractivity contribution in [3.63, 3.8) is 0 Å². The van der Waals surface area contributed by atoms with E-state index in [4.69, 9.17) is 9.47 Å². The highest BCUT2D eigenvalue weighted by molar-refractivity contribution is 5.95. The minimum absolute atomic E-state index is 0.0176. The molecule has 1 aliphatic rings. The molecule has 1 aliphatic heterocycles. The Morgan fingerprint density at radius 3 is 2.43 bits per heavy atom. The van der Waals surface area contributed by atoms with Gasteiger partial charge in [-0.2, -0.15) is 0 Å². The van der Waals surface area contributed by atoms with Crippen molar-refractivity contribution in [1.29, 1.82) is 0 Å². The van der Waals surface area contributed by atoms with E-state index in [1.165, 1.54) is 6.07 Å². The van der Waals surface area contributed by atoms with Crippen molar-refractivity contribution in [3.05, 3.63) is 57.6 Å². The molecule has 0 radical (unpaired) electrons. The van der Waals surface area contributed by atoms with Crippen LogP contribution in [0, 0.1) is 10.1 Å². The van der Waals surface area contributed by atoms with Gasteiger partial charge in [0.1, 0.15) is 5.69 Å². The van der Waals surface area contributed by atoms with Gasteiger partial charge in [-0.25, -0.2) is 0 Å². The van der Waals surface area contributed by atoms with E-state index in [-0.39, 0.29) is 11.6 Å². The molecule has 2 aromatic carbocycles. The van der Waals surface area contributed by atoms with Crippen LogP contribution >= 0.6 is 0 Å². The molecule has 3 rings (SSSR count). The fourth-order valence-electron chi connectivity index (χ4n) is 3.68. The van der Waals surface area contributed by atoms with Gasteiger partial charge in [0, 0.05) is 38.3 Å². The highest BCUT2D eigenvalue weighted by Crippen LogP contribution is 2.32. The third kappa shape index (κ3) is 4.64. The number of amides is 1. The lowest BCUT2D eigenvalue weighted by molar-refractivity contribution is -0.384. The first-order chi connectivity index (χ1) is 14.4. The van der Waals surface area contributed by atoms with Gasteiger partial charge in [0.15, 0.2) is 11.5 Å². The molecule has 160 valence electrons. The number of rotatable bonds is 8. The smallest absolute Gasteiger partial charge is 0.293 e. The summed E-state index contributed by atoms with van der Waals surface area (Å²) in [4.78, 5) is 27.6. The van der Waals surface area contributed by atoms with Gasteiger partial charge < -0.3 is 19.3 Å². The van der Waals surface area contributed by atoms with Crippen LogP contribution in [-0.4, -0.2) is 56.6 Å². The molecule has 8 nitrogen and oxygen atoms in total. The summed E-state index contributed by atoms with van der Waals surface area (Å²) in [5.74, 6) is 1.04. The average molecular weight is 413 g/mol. The van der Waals surface area contributed by atoms with E-state index in [1.807, 2.05) is 23.1 Å². The molecule has 1 amide bonds. The first-order valence-electron chi connectivity index (χ1n) is 9.94. The summed E-state index contributed by atoms with van der Waals surface area (Å²) >= 11 is 0. The van der Waals surface area contributed by atoms with E-state index in [2.05, 4.69) is 0 Å². The fourth-order valence-corrected chi connectivity index (χ4v) is 3.68. The zero-order chi connectivity index (χ0) is 21.7. The Labute approximate surface area is 176 Å². The number of carbonyl (C=O) groups is 1. The van der Waals surface area contributed by atoms with E-state index >= 15 is 0 Å². The lowest BCUT2D eigenvalue weighted by Crippen LogP contribution is -2.29. The SMILES string of the molecule is COc1ccc(CCN(C)C(=O)c2ccc(N3CCCC3)c([N+](=O)[O-])c2)cc1OC. The molecule has 0 aromatic heterocycles. The summed E-state index contributed by atoms with van der Waals surface area (Å²) in [6, 6.07) is 10.4. The lowest BCUT2D eigenvalue weighted by Gasteiger charge is -2.20. The monoisotopic (exact) mass is 413 g/mol. The summed E-state index contributed by atoms with van der Waals surface area (Å²) in [5, 5.41) is 11.6. The van der Waals surface area contributed by atoms with Crippen molar-refractivity contribution in [2.75, 3.05) is 45.8 Å². The molecule has 0 atom stereocenters. The molecule has 2 aromatic rings. The van der Waals surface area contributed by atoms with Gasteiger partial charge in [0.05, 0.1) is 19.1 Å². The van der Waals surface area contributed by atoms with Crippen LogP contribution in [0.25, 0.3) is 0 Å². The highest BCUT2D eigenvalue weighted by atomic mass is 16.6. The third-order valence-corrected chi connectivity index (χ3v) is 5.40. The van der Waals surface area contributed by atoms with Gasteiger partial charge in [-0.05, 0) is 49.1 Å². The van der Waals surface area contributed by atoms with Gasteiger partial charge in [-0.3, -0.25) is 14.9 Å². The third-order valence-electron chi connectivity index (χ3n) is 5.40. The van der Waals surface area contributed by atoms with Crippen LogP contribution in [0.4, 0.5) is 11.4 Å². The molecule has 1 fully saturated rings. The molecular weight excluding hydrogens is 386 g/mol. The Hall–Kier alpha value is -3.29. The largest absolute Gasteiger partial charge is 0.493 e. The molecule has 30 heavy (non-hydrogen) atoms. The molecule has 0 N–H and O–H groups in total. The van der Waals surface area contributed by atoms with Crippen LogP contribution in [0.1, 0.15) is 28.8 Å². The minimum Gasteiger partial charge on any atom is -0.493 e. The molecule has 0 aliphatic carbocycles. The molecule has 0 saturated carbocycles. The maximum atomic E-state index is 12.8. The number of methoxy groups -OCH3 is 2. The van der Waals surface area contributed by atoms with Crippen LogP contribution < -0.4 is 14.4 Å². The Bertz CT molecular complexity index is 925. The maximum absolute atomic E-state index is 12.8. The number of hydrogen-bond acceptors (Lipinski definition) is 6. The number of hydrogen-bond donors (Lipinski definition) is 0. The standard InChI is InChI=1S/C22H27N3O5/c1-23(13-10-16-6-9-20(29-2)21(14-16)30-3)22(26)17-7-8-18(19(15-17)25(27)28)24-11-4-5-12-24/h6-9,14-15H,4-5,10-13H2,1-3H3. The molecule has 1 heterocycles. The number of benzene rings is 2. The van der Waals surface area contributed by atoms with Crippen molar-refractivity contribution in [1.82, 2.24) is 4.90 Å². The van der Waals surface area contributed by atoms with Gasteiger partial charge in [-0.15, -0.1) is 0 Å². The Kier molecular flexibility index (Phi) is 6.76. The van der Waals surface area contributed by atoms with Gasteiger partial charge in [0.25, 0.3) is 11.6 Å². The summed E-state index contributed by atoms with van der Waals surface area (Å²) in [6.45, 7) is 2.08. The van der Waals surface area contributed by atoms with Crippen LogP contribution in [0.3, 0.4) is 0 Å². The van der Waals surface area contributed by atoms with E-state index in [1.54, 1.807) is 38.3 Å². The maximum Gasteiger partial charge on any atom is 0.293 e. The summed E-state index contributed by atoms with van der Waals surface area (Å²) in [7, 11) is 4.86. The van der Waals surface area contributed by atoms with Gasteiger partial charge in [0.2, 0.25) is 0 Å². The Morgan fingerprint density at radius 1 is 1.10 bits per heavy atom. The minimum atomic E-state index is -0.409. The van der Waals surface area contributed by atoms with E-state index in [9.17, 15) is 14.9 Å². The average Bonchev–Trinajstić information content (AvgIpc) is 3.31. The Balaban J connectivity index is 1.71. The second kappa shape index (κ2) is 9.47. The summed E-state index contributed by atoms with van der Waals surface area (Å²) < 4.78 is 10.6. The van der Waals surface area contributed by atoms with Crippen LogP contribution in [0.5, 0.6) is 11.5 Å². The van der Waals surface area contributed by atoms with E-state index < -0.39 is 4.92 Å². The van der Waals surface area contributed by atoms with E-state index in [0.717, 1.165) is 31.5 Å². The van der Waals surface area contributed by atoms with Crippen LogP contribution in [0.2, 0.25) is 0 Å². The quantitative estimate of drug-likeness (QED) is 0.486. The molecule has 0 bridgehead atoms. The van der Waals surface area contributed by atoms with E-state index in [0.29, 0.717) is 35.7 Å². The molecule has 8 heteroatoms. The number of nitro benzene ring substituents is 1. The Morgan fingerprint density at radius 2 is 1.80 bits per heavy atom. The van der Waals surface area contributed by atoms with Gasteiger partial charge in [-0.1, -0.05) is 6.07 Å². The number of carbonyl (C=O) groups excluding carboxylic acids is 1. The van der Waals surface area contributed by atoms with Crippen LogP contribution in [-0.2, 0) is 6.42 Å². The molecule has 1 saturated heterocycles. The molecule has 0 spiro atoms. The second-order valence-electron chi connectivity index (χ2n) is 7.32. The molecular formula is C22H27N3O5. The fraction of sp³-hybridized carbons (Fsp3) is 0.409. The van der Waals surface area contributed by atoms with Crippen molar-refractivity contribution < 1.29 is 19.2 Å². The first-order valence-corrected chi connectivity index (χ1v) is 9.94.